The standard InChI is InChI=1S/C16H19N3O2/c1-13-7-8-16(20)19(17-13)12-18-9-10-21-15(11-18)14-5-3-2-4-6-14/h2-8,15H,9-12H2,1H3. The summed E-state index contributed by atoms with van der Waals surface area (Å²) in [6, 6.07) is 13.5. The predicted molar refractivity (Wildman–Crippen MR) is 79.9 cm³/mol. The van der Waals surface area contributed by atoms with E-state index in [0.717, 1.165) is 18.8 Å². The maximum Gasteiger partial charge on any atom is 0.267 e. The van der Waals surface area contributed by atoms with Crippen LogP contribution < -0.4 is 5.56 Å². The summed E-state index contributed by atoms with van der Waals surface area (Å²) in [6.07, 6.45) is 0.0560. The molecule has 1 aliphatic heterocycles. The molecule has 1 aromatic heterocycles. The van der Waals surface area contributed by atoms with E-state index in [2.05, 4.69) is 22.1 Å². The summed E-state index contributed by atoms with van der Waals surface area (Å²) in [5.41, 5.74) is 1.96. The SMILES string of the molecule is Cc1ccc(=O)n(CN2CCOC(c3ccccc3)C2)n1. The van der Waals surface area contributed by atoms with Gasteiger partial charge >= 0.3 is 0 Å². The van der Waals surface area contributed by atoms with Crippen molar-refractivity contribution in [3.63, 3.8) is 0 Å². The molecule has 1 atom stereocenters. The minimum atomic E-state index is -0.0663. The first-order valence-corrected chi connectivity index (χ1v) is 7.16. The Kier molecular flexibility index (Phi) is 4.13. The largest absolute Gasteiger partial charge is 0.371 e. The molecule has 5 nitrogen and oxygen atoms in total. The molecule has 0 spiro atoms. The van der Waals surface area contributed by atoms with Crippen molar-refractivity contribution in [2.24, 2.45) is 0 Å². The first-order chi connectivity index (χ1) is 10.2. The number of aromatic nitrogens is 2. The van der Waals surface area contributed by atoms with E-state index in [9.17, 15) is 4.79 Å². The van der Waals surface area contributed by atoms with Gasteiger partial charge in [-0.2, -0.15) is 5.10 Å². The molecule has 0 N–H and O–H groups in total. The number of benzene rings is 1. The zero-order valence-corrected chi connectivity index (χ0v) is 12.1. The molecule has 1 aliphatic rings. The molecule has 1 saturated heterocycles. The molecule has 5 heteroatoms. The Bertz CT molecular complexity index is 654. The lowest BCUT2D eigenvalue weighted by Gasteiger charge is -2.33. The van der Waals surface area contributed by atoms with Crippen molar-refractivity contribution in [2.75, 3.05) is 19.7 Å². The first kappa shape index (κ1) is 14.0. The fourth-order valence-electron chi connectivity index (χ4n) is 2.54. The summed E-state index contributed by atoms with van der Waals surface area (Å²) in [5, 5.41) is 4.29. The molecular weight excluding hydrogens is 266 g/mol. The topological polar surface area (TPSA) is 47.4 Å². The molecule has 1 unspecified atom stereocenters. The van der Waals surface area contributed by atoms with Gasteiger partial charge in [0.05, 0.1) is 25.1 Å². The smallest absolute Gasteiger partial charge is 0.267 e. The van der Waals surface area contributed by atoms with Gasteiger partial charge in [0.1, 0.15) is 0 Å². The van der Waals surface area contributed by atoms with Gasteiger partial charge in [0.2, 0.25) is 0 Å². The van der Waals surface area contributed by atoms with Crippen LogP contribution in [0.2, 0.25) is 0 Å². The molecule has 0 amide bonds. The summed E-state index contributed by atoms with van der Waals surface area (Å²) >= 11 is 0. The van der Waals surface area contributed by atoms with Gasteiger partial charge in [0.15, 0.2) is 0 Å². The van der Waals surface area contributed by atoms with Crippen LogP contribution in [0.3, 0.4) is 0 Å². The van der Waals surface area contributed by atoms with Crippen molar-refractivity contribution in [3.8, 4) is 0 Å². The van der Waals surface area contributed by atoms with Gasteiger partial charge in [-0.05, 0) is 18.6 Å². The highest BCUT2D eigenvalue weighted by molar-refractivity contribution is 5.18. The Hall–Kier alpha value is -1.98. The normalized spacial score (nSPS) is 19.6. The Labute approximate surface area is 123 Å². The summed E-state index contributed by atoms with van der Waals surface area (Å²) in [5.74, 6) is 0. The maximum atomic E-state index is 11.8. The fourth-order valence-corrected chi connectivity index (χ4v) is 2.54. The highest BCUT2D eigenvalue weighted by Crippen LogP contribution is 2.21. The van der Waals surface area contributed by atoms with Crippen molar-refractivity contribution >= 4 is 0 Å². The lowest BCUT2D eigenvalue weighted by atomic mass is 10.1. The number of nitrogens with zero attached hydrogens (tertiary/aromatic N) is 3. The van der Waals surface area contributed by atoms with Crippen LogP contribution in [-0.4, -0.2) is 34.4 Å². The summed E-state index contributed by atoms with van der Waals surface area (Å²) in [6.45, 7) is 4.65. The van der Waals surface area contributed by atoms with Crippen LogP contribution in [0.1, 0.15) is 17.4 Å². The molecule has 2 heterocycles. The molecule has 110 valence electrons. The van der Waals surface area contributed by atoms with E-state index in [1.165, 1.54) is 10.2 Å². The fraction of sp³-hybridized carbons (Fsp3) is 0.375. The van der Waals surface area contributed by atoms with Crippen molar-refractivity contribution in [1.29, 1.82) is 0 Å². The first-order valence-electron chi connectivity index (χ1n) is 7.16. The quantitative estimate of drug-likeness (QED) is 0.859. The third-order valence-electron chi connectivity index (χ3n) is 3.66. The average Bonchev–Trinajstić information content (AvgIpc) is 2.52. The third kappa shape index (κ3) is 3.37. The number of morpholine rings is 1. The van der Waals surface area contributed by atoms with E-state index in [-0.39, 0.29) is 11.7 Å². The third-order valence-corrected chi connectivity index (χ3v) is 3.66. The molecule has 21 heavy (non-hydrogen) atoms. The van der Waals surface area contributed by atoms with E-state index >= 15 is 0 Å². The molecule has 1 fully saturated rings. The predicted octanol–water partition coefficient (Wildman–Crippen LogP) is 1.58. The minimum Gasteiger partial charge on any atom is -0.371 e. The highest BCUT2D eigenvalue weighted by Gasteiger charge is 2.22. The lowest BCUT2D eigenvalue weighted by Crippen LogP contribution is -2.42. The number of ether oxygens (including phenoxy) is 1. The van der Waals surface area contributed by atoms with Crippen molar-refractivity contribution in [3.05, 3.63) is 64.1 Å². The van der Waals surface area contributed by atoms with E-state index < -0.39 is 0 Å². The van der Waals surface area contributed by atoms with Gasteiger partial charge in [0.25, 0.3) is 5.56 Å². The number of aryl methyl sites for hydroxylation is 1. The van der Waals surface area contributed by atoms with Crippen molar-refractivity contribution in [2.45, 2.75) is 19.7 Å². The van der Waals surface area contributed by atoms with Crippen LogP contribution in [0.15, 0.2) is 47.3 Å². The van der Waals surface area contributed by atoms with Crippen LogP contribution in [-0.2, 0) is 11.4 Å². The maximum absolute atomic E-state index is 11.8. The zero-order valence-electron chi connectivity index (χ0n) is 12.1. The zero-order chi connectivity index (χ0) is 14.7. The van der Waals surface area contributed by atoms with Gasteiger partial charge in [-0.1, -0.05) is 30.3 Å². The second-order valence-electron chi connectivity index (χ2n) is 5.30. The number of hydrogen-bond acceptors (Lipinski definition) is 4. The van der Waals surface area contributed by atoms with Crippen molar-refractivity contribution < 1.29 is 4.74 Å². The highest BCUT2D eigenvalue weighted by atomic mass is 16.5. The molecule has 3 rings (SSSR count). The number of rotatable bonds is 3. The lowest BCUT2D eigenvalue weighted by molar-refractivity contribution is -0.0422. The van der Waals surface area contributed by atoms with E-state index in [0.29, 0.717) is 13.3 Å². The summed E-state index contributed by atoms with van der Waals surface area (Å²) < 4.78 is 7.35. The van der Waals surface area contributed by atoms with Gasteiger partial charge < -0.3 is 4.74 Å². The van der Waals surface area contributed by atoms with Gasteiger partial charge in [-0.3, -0.25) is 9.69 Å². The Balaban J connectivity index is 1.72. The molecule has 0 aliphatic carbocycles. The number of hydrogen-bond donors (Lipinski definition) is 0. The van der Waals surface area contributed by atoms with Gasteiger partial charge in [0, 0.05) is 19.2 Å². The molecule has 0 bridgehead atoms. The van der Waals surface area contributed by atoms with Crippen LogP contribution in [0.25, 0.3) is 0 Å². The second-order valence-corrected chi connectivity index (χ2v) is 5.30. The van der Waals surface area contributed by atoms with E-state index in [1.807, 2.05) is 25.1 Å². The Morgan fingerprint density at radius 1 is 1.24 bits per heavy atom. The van der Waals surface area contributed by atoms with Crippen molar-refractivity contribution in [1.82, 2.24) is 14.7 Å². The molecule has 0 saturated carbocycles. The Morgan fingerprint density at radius 2 is 2.05 bits per heavy atom. The monoisotopic (exact) mass is 285 g/mol. The van der Waals surface area contributed by atoms with Gasteiger partial charge in [-0.15, -0.1) is 0 Å². The molecule has 2 aromatic rings. The summed E-state index contributed by atoms with van der Waals surface area (Å²) in [7, 11) is 0. The van der Waals surface area contributed by atoms with Gasteiger partial charge in [-0.25, -0.2) is 4.68 Å². The molecule has 1 aromatic carbocycles. The molecule has 0 radical (unpaired) electrons. The minimum absolute atomic E-state index is 0.0560. The molecular formula is C16H19N3O2. The van der Waals surface area contributed by atoms with Crippen LogP contribution >= 0.6 is 0 Å². The summed E-state index contributed by atoms with van der Waals surface area (Å²) in [4.78, 5) is 14.0. The van der Waals surface area contributed by atoms with E-state index in [4.69, 9.17) is 4.74 Å². The van der Waals surface area contributed by atoms with E-state index in [1.54, 1.807) is 12.1 Å². The second kappa shape index (κ2) is 6.20. The van der Waals surface area contributed by atoms with Crippen LogP contribution in [0.4, 0.5) is 0 Å². The Morgan fingerprint density at radius 3 is 2.86 bits per heavy atom. The average molecular weight is 285 g/mol. The van der Waals surface area contributed by atoms with Crippen LogP contribution in [0, 0.1) is 6.92 Å². The van der Waals surface area contributed by atoms with Crippen LogP contribution in [0.5, 0.6) is 0 Å².